The summed E-state index contributed by atoms with van der Waals surface area (Å²) in [5, 5.41) is 2.84. The quantitative estimate of drug-likeness (QED) is 0.0266. The number of carbonyl (C=O) groups excluding carboxylic acids is 2. The van der Waals surface area contributed by atoms with E-state index in [1.807, 2.05) is 0 Å². The second kappa shape index (κ2) is 51.1. The van der Waals surface area contributed by atoms with Gasteiger partial charge in [-0.1, -0.05) is 244 Å². The van der Waals surface area contributed by atoms with Crippen molar-refractivity contribution in [3.8, 4) is 0 Å². The largest absolute Gasteiger partial charge is 0.472 e. The molecule has 0 aliphatic heterocycles. The zero-order valence-corrected chi connectivity index (χ0v) is 43.4. The lowest BCUT2D eigenvalue weighted by Gasteiger charge is -2.20. The molecule has 0 aliphatic carbocycles. The molecule has 64 heavy (non-hydrogen) atoms. The van der Waals surface area contributed by atoms with Crippen molar-refractivity contribution in [3.63, 3.8) is 0 Å². The van der Waals surface area contributed by atoms with Gasteiger partial charge in [-0.15, -0.1) is 0 Å². The third kappa shape index (κ3) is 50.2. The number of esters is 2. The fraction of sp³-hybridized carbons (Fsp3) is 0.926. The van der Waals surface area contributed by atoms with Gasteiger partial charge in [-0.25, -0.2) is 4.57 Å². The lowest BCUT2D eigenvalue weighted by Crippen LogP contribution is -2.29. The summed E-state index contributed by atoms with van der Waals surface area (Å²) in [7, 11) is -2.64. The van der Waals surface area contributed by atoms with E-state index in [1.54, 1.807) is 7.05 Å². The molecule has 0 fully saturated rings. The first-order chi connectivity index (χ1) is 31.3. The van der Waals surface area contributed by atoms with E-state index in [4.69, 9.17) is 18.5 Å². The Morgan fingerprint density at radius 3 is 1.16 bits per heavy atom. The van der Waals surface area contributed by atoms with Gasteiger partial charge in [0.2, 0.25) is 0 Å². The van der Waals surface area contributed by atoms with Crippen LogP contribution >= 0.6 is 7.82 Å². The van der Waals surface area contributed by atoms with Crippen molar-refractivity contribution in [1.29, 1.82) is 0 Å². The standard InChI is InChI=1S/C54H106NO8P/c1-4-6-8-10-12-14-16-18-20-22-24-26-28-30-32-34-36-38-40-42-44-46-53(56)60-50-52(51-62-64(58,59)61-49-48-55-3)63-54(57)47-45-43-41-39-37-35-33-31-29-27-25-23-21-19-17-15-13-11-9-7-5-2/h19,21,52,55H,4-18,20,22-51H2,1-3H3,(H,58,59)/b21-19-. The number of phosphoric acid groups is 1. The highest BCUT2D eigenvalue weighted by Crippen LogP contribution is 2.43. The predicted octanol–water partition coefficient (Wildman–Crippen LogP) is 16.8. The minimum Gasteiger partial charge on any atom is -0.462 e. The second-order valence-corrected chi connectivity index (χ2v) is 20.2. The molecule has 0 radical (unpaired) electrons. The van der Waals surface area contributed by atoms with Gasteiger partial charge in [-0.2, -0.15) is 0 Å². The molecule has 2 unspecified atom stereocenters. The Bertz CT molecular complexity index is 1060. The van der Waals surface area contributed by atoms with Gasteiger partial charge in [0.15, 0.2) is 6.10 Å². The minimum absolute atomic E-state index is 0.0132. The zero-order valence-electron chi connectivity index (χ0n) is 42.5. The first kappa shape index (κ1) is 62.8. The van der Waals surface area contributed by atoms with Crippen molar-refractivity contribution >= 4 is 19.8 Å². The van der Waals surface area contributed by atoms with Crippen LogP contribution in [0.3, 0.4) is 0 Å². The van der Waals surface area contributed by atoms with Crippen molar-refractivity contribution in [3.05, 3.63) is 12.2 Å². The van der Waals surface area contributed by atoms with E-state index in [-0.39, 0.29) is 25.6 Å². The van der Waals surface area contributed by atoms with Gasteiger partial charge >= 0.3 is 19.8 Å². The van der Waals surface area contributed by atoms with Crippen LogP contribution in [0.2, 0.25) is 0 Å². The van der Waals surface area contributed by atoms with Crippen molar-refractivity contribution in [2.24, 2.45) is 0 Å². The average Bonchev–Trinajstić information content (AvgIpc) is 3.28. The predicted molar refractivity (Wildman–Crippen MR) is 271 cm³/mol. The van der Waals surface area contributed by atoms with Gasteiger partial charge in [-0.3, -0.25) is 18.6 Å². The lowest BCUT2D eigenvalue weighted by atomic mass is 10.0. The molecular weight excluding hydrogens is 822 g/mol. The molecule has 0 aromatic rings. The fourth-order valence-corrected chi connectivity index (χ4v) is 8.95. The molecule has 0 rings (SSSR count). The van der Waals surface area contributed by atoms with Crippen LogP contribution in [0.5, 0.6) is 0 Å². The summed E-state index contributed by atoms with van der Waals surface area (Å²) in [6, 6.07) is 0. The van der Waals surface area contributed by atoms with Gasteiger partial charge in [0.25, 0.3) is 0 Å². The van der Waals surface area contributed by atoms with E-state index < -0.39 is 26.5 Å². The van der Waals surface area contributed by atoms with Crippen LogP contribution in [-0.2, 0) is 32.7 Å². The van der Waals surface area contributed by atoms with Gasteiger partial charge < -0.3 is 19.7 Å². The molecule has 2 atom stereocenters. The molecule has 0 aliphatic rings. The summed E-state index contributed by atoms with van der Waals surface area (Å²) in [5.74, 6) is -0.788. The molecule has 0 saturated heterocycles. The van der Waals surface area contributed by atoms with Crippen LogP contribution in [0.25, 0.3) is 0 Å². The van der Waals surface area contributed by atoms with Crippen LogP contribution in [0.1, 0.15) is 284 Å². The number of hydrogen-bond acceptors (Lipinski definition) is 8. The molecule has 0 aromatic heterocycles. The van der Waals surface area contributed by atoms with Gasteiger partial charge in [-0.05, 0) is 45.6 Å². The third-order valence-corrected chi connectivity index (χ3v) is 13.4. The SMILES string of the molecule is CCCCCCCC/C=C\CCCCCCCCCCCCCC(=O)OC(COC(=O)CCCCCCCCCCCCCCCCCCCCCCC)COP(=O)(O)OCCNC. The number of phosphoric ester groups is 1. The summed E-state index contributed by atoms with van der Waals surface area (Å²) in [6.45, 7) is 4.29. The van der Waals surface area contributed by atoms with Crippen molar-refractivity contribution < 1.29 is 37.6 Å². The Hall–Kier alpha value is -1.25. The molecule has 0 bridgehead atoms. The fourth-order valence-electron chi connectivity index (χ4n) is 8.20. The van der Waals surface area contributed by atoms with Gasteiger partial charge in [0.1, 0.15) is 6.61 Å². The number of carbonyl (C=O) groups is 2. The first-order valence-electron chi connectivity index (χ1n) is 27.6. The van der Waals surface area contributed by atoms with Gasteiger partial charge in [0, 0.05) is 19.4 Å². The summed E-state index contributed by atoms with van der Waals surface area (Å²) >= 11 is 0. The average molecular weight is 928 g/mol. The Morgan fingerprint density at radius 2 is 0.797 bits per heavy atom. The maximum Gasteiger partial charge on any atom is 0.472 e. The Kier molecular flexibility index (Phi) is 50.1. The molecule has 9 nitrogen and oxygen atoms in total. The summed E-state index contributed by atoms with van der Waals surface area (Å²) in [6.07, 6.45) is 55.5. The van der Waals surface area contributed by atoms with Gasteiger partial charge in [0.05, 0.1) is 13.2 Å². The van der Waals surface area contributed by atoms with E-state index in [0.717, 1.165) is 32.1 Å². The maximum atomic E-state index is 12.7. The van der Waals surface area contributed by atoms with Crippen LogP contribution in [0.4, 0.5) is 0 Å². The normalized spacial score (nSPS) is 13.1. The summed E-state index contributed by atoms with van der Waals surface area (Å²) < 4.78 is 33.4. The van der Waals surface area contributed by atoms with E-state index in [2.05, 4.69) is 31.3 Å². The van der Waals surface area contributed by atoms with Crippen LogP contribution < -0.4 is 5.32 Å². The highest BCUT2D eigenvalue weighted by atomic mass is 31.2. The van der Waals surface area contributed by atoms with E-state index in [0.29, 0.717) is 19.4 Å². The molecule has 0 aromatic carbocycles. The smallest absolute Gasteiger partial charge is 0.462 e. The summed E-state index contributed by atoms with van der Waals surface area (Å²) in [5.41, 5.74) is 0. The third-order valence-electron chi connectivity index (χ3n) is 12.4. The van der Waals surface area contributed by atoms with Crippen LogP contribution in [0.15, 0.2) is 12.2 Å². The second-order valence-electron chi connectivity index (χ2n) is 18.8. The summed E-state index contributed by atoms with van der Waals surface area (Å²) in [4.78, 5) is 35.3. The highest BCUT2D eigenvalue weighted by Gasteiger charge is 2.26. The topological polar surface area (TPSA) is 120 Å². The lowest BCUT2D eigenvalue weighted by molar-refractivity contribution is -0.161. The molecule has 0 spiro atoms. The molecule has 2 N–H and O–H groups in total. The molecular formula is C54H106NO8P. The van der Waals surface area contributed by atoms with E-state index >= 15 is 0 Å². The number of ether oxygens (including phenoxy) is 2. The number of hydrogen-bond donors (Lipinski definition) is 2. The van der Waals surface area contributed by atoms with E-state index in [9.17, 15) is 19.0 Å². The maximum absolute atomic E-state index is 12.7. The molecule has 10 heteroatoms. The van der Waals surface area contributed by atoms with Crippen molar-refractivity contribution in [1.82, 2.24) is 5.32 Å². The van der Waals surface area contributed by atoms with Crippen LogP contribution in [-0.4, -0.2) is 56.3 Å². The monoisotopic (exact) mass is 928 g/mol. The van der Waals surface area contributed by atoms with E-state index in [1.165, 1.54) is 218 Å². The molecule has 0 amide bonds. The zero-order chi connectivity index (χ0) is 46.7. The number of unbranched alkanes of at least 4 members (excludes halogenated alkanes) is 37. The highest BCUT2D eigenvalue weighted by molar-refractivity contribution is 7.47. The van der Waals surface area contributed by atoms with Crippen molar-refractivity contribution in [2.45, 2.75) is 290 Å². The number of rotatable bonds is 53. The van der Waals surface area contributed by atoms with Crippen LogP contribution in [0, 0.1) is 0 Å². The number of likely N-dealkylation sites (N-methyl/N-ethyl adjacent to an activating group) is 1. The molecule has 380 valence electrons. The first-order valence-corrected chi connectivity index (χ1v) is 29.1. The number of allylic oxidation sites excluding steroid dienone is 2. The Labute approximate surface area is 396 Å². The van der Waals surface area contributed by atoms with Crippen molar-refractivity contribution in [2.75, 3.05) is 33.4 Å². The Morgan fingerprint density at radius 1 is 0.469 bits per heavy atom. The number of nitrogens with one attached hydrogen (secondary N) is 1. The molecule has 0 saturated carbocycles. The minimum atomic E-state index is -4.35. The molecule has 0 heterocycles. The Balaban J connectivity index is 4.03.